The van der Waals surface area contributed by atoms with Crippen molar-refractivity contribution in [2.45, 2.75) is 94.7 Å². The second-order valence-electron chi connectivity index (χ2n) is 11.8. The Bertz CT molecular complexity index is 1200. The number of benzene rings is 3. The van der Waals surface area contributed by atoms with Crippen LogP contribution in [0.3, 0.4) is 0 Å². The Hall–Kier alpha value is -3.05. The first-order chi connectivity index (χ1) is 20.4. The minimum atomic E-state index is -1.13. The van der Waals surface area contributed by atoms with Crippen molar-refractivity contribution in [3.05, 3.63) is 108 Å². The van der Waals surface area contributed by atoms with Gasteiger partial charge in [-0.2, -0.15) is 5.26 Å². The lowest BCUT2D eigenvalue weighted by Crippen LogP contribution is -2.60. The maximum absolute atomic E-state index is 10.8. The van der Waals surface area contributed by atoms with Crippen molar-refractivity contribution in [1.29, 1.82) is 5.26 Å². The van der Waals surface area contributed by atoms with Crippen molar-refractivity contribution in [3.8, 4) is 6.07 Å². The molecule has 0 radical (unpaired) electrons. The second-order valence-corrected chi connectivity index (χ2v) is 11.8. The zero-order valence-electron chi connectivity index (χ0n) is 25.1. The van der Waals surface area contributed by atoms with Crippen molar-refractivity contribution in [2.75, 3.05) is 13.2 Å². The van der Waals surface area contributed by atoms with Gasteiger partial charge in [0.05, 0.1) is 12.7 Å². The molecule has 2 saturated heterocycles. The van der Waals surface area contributed by atoms with Gasteiger partial charge in [0.15, 0.2) is 17.6 Å². The molecule has 2 heterocycles. The van der Waals surface area contributed by atoms with Gasteiger partial charge in [-0.3, -0.25) is 5.32 Å². The van der Waals surface area contributed by atoms with Gasteiger partial charge in [-0.15, -0.1) is 0 Å². The van der Waals surface area contributed by atoms with Gasteiger partial charge < -0.3 is 18.9 Å². The number of nitrogens with zero attached hydrogens (tertiary/aromatic N) is 1. The first-order valence-corrected chi connectivity index (χ1v) is 15.4. The van der Waals surface area contributed by atoms with Gasteiger partial charge in [-0.1, -0.05) is 130 Å². The Kier molecular flexibility index (Phi) is 9.77. The van der Waals surface area contributed by atoms with Crippen LogP contribution in [0.25, 0.3) is 0 Å². The monoisotopic (exact) mass is 568 g/mol. The molecule has 42 heavy (non-hydrogen) atoms. The summed E-state index contributed by atoms with van der Waals surface area (Å²) in [6.07, 6.45) is 5.16. The predicted octanol–water partition coefficient (Wildman–Crippen LogP) is 7.08. The van der Waals surface area contributed by atoms with Crippen LogP contribution in [0.15, 0.2) is 91.0 Å². The fourth-order valence-corrected chi connectivity index (χ4v) is 6.32. The molecule has 1 N–H and O–H groups in total. The zero-order valence-corrected chi connectivity index (χ0v) is 25.1. The van der Waals surface area contributed by atoms with E-state index in [4.69, 9.17) is 18.9 Å². The summed E-state index contributed by atoms with van der Waals surface area (Å²) in [5, 5.41) is 14.4. The Morgan fingerprint density at radius 1 is 0.786 bits per heavy atom. The summed E-state index contributed by atoms with van der Waals surface area (Å²) >= 11 is 0. The van der Waals surface area contributed by atoms with E-state index in [-0.39, 0.29) is 6.61 Å². The van der Waals surface area contributed by atoms with E-state index in [2.05, 4.69) is 54.7 Å². The van der Waals surface area contributed by atoms with Crippen LogP contribution in [0.1, 0.15) is 76.0 Å². The minimum absolute atomic E-state index is 0.149. The lowest BCUT2D eigenvalue weighted by atomic mass is 9.80. The van der Waals surface area contributed by atoms with Gasteiger partial charge in [0.2, 0.25) is 0 Å². The molecule has 2 aliphatic rings. The van der Waals surface area contributed by atoms with E-state index in [1.54, 1.807) is 0 Å². The molecule has 2 aliphatic heterocycles. The number of hydrogen-bond acceptors (Lipinski definition) is 6. The molecule has 0 unspecified atom stereocenters. The predicted molar refractivity (Wildman–Crippen MR) is 164 cm³/mol. The largest absolute Gasteiger partial charge is 0.358 e. The highest BCUT2D eigenvalue weighted by molar-refractivity contribution is 5.47. The summed E-state index contributed by atoms with van der Waals surface area (Å²) in [6.45, 7) is 6.79. The summed E-state index contributed by atoms with van der Waals surface area (Å²) in [5.41, 5.74) is 0.940. The standard InChI is InChI=1S/C36H44N2O4/c1-4-5-6-7-8-18-25-38-35(27-37)31(40-33-32(35)41-34(2,3)42-33)26-39-36(28-19-12-9-13-20-28,29-21-14-10-15-22-29)30-23-16-11-17-24-30/h9-17,19-24,31-33,38H,4-8,18,25-26H2,1-3H3/t31-,32+,33-,35-/m1/s1. The molecule has 0 aromatic heterocycles. The highest BCUT2D eigenvalue weighted by Gasteiger charge is 2.64. The summed E-state index contributed by atoms with van der Waals surface area (Å²) in [7, 11) is 0. The van der Waals surface area contributed by atoms with Crippen LogP contribution < -0.4 is 5.32 Å². The van der Waals surface area contributed by atoms with E-state index in [0.717, 1.165) is 29.5 Å². The minimum Gasteiger partial charge on any atom is -0.358 e. The van der Waals surface area contributed by atoms with Crippen molar-refractivity contribution >= 4 is 0 Å². The SMILES string of the molecule is CCCCCCCCN[C@]1(C#N)[C@@H](COC(c2ccccc2)(c2ccccc2)c2ccccc2)O[C@@H]2OC(C)(C)O[C@@H]21. The van der Waals surface area contributed by atoms with E-state index < -0.39 is 35.4 Å². The molecule has 3 aromatic carbocycles. The van der Waals surface area contributed by atoms with Gasteiger partial charge >= 0.3 is 0 Å². The Balaban J connectivity index is 1.46. The smallest absolute Gasteiger partial charge is 0.190 e. The number of ether oxygens (including phenoxy) is 4. The van der Waals surface area contributed by atoms with Crippen molar-refractivity contribution in [3.63, 3.8) is 0 Å². The van der Waals surface area contributed by atoms with E-state index in [1.807, 2.05) is 68.4 Å². The normalized spacial score (nSPS) is 24.8. The molecule has 0 aliphatic carbocycles. The zero-order chi connectivity index (χ0) is 29.5. The number of unbranched alkanes of at least 4 members (excludes halogenated alkanes) is 5. The molecule has 0 amide bonds. The lowest BCUT2D eigenvalue weighted by molar-refractivity contribution is -0.218. The molecule has 6 heteroatoms. The Labute approximate surface area is 250 Å². The summed E-state index contributed by atoms with van der Waals surface area (Å²) < 4.78 is 26.0. The van der Waals surface area contributed by atoms with Crippen LogP contribution in [-0.2, 0) is 24.5 Å². The Morgan fingerprint density at radius 2 is 1.31 bits per heavy atom. The van der Waals surface area contributed by atoms with Crippen LogP contribution >= 0.6 is 0 Å². The van der Waals surface area contributed by atoms with Crippen LogP contribution in [0.5, 0.6) is 0 Å². The molecule has 0 saturated carbocycles. The van der Waals surface area contributed by atoms with Crippen molar-refractivity contribution < 1.29 is 18.9 Å². The van der Waals surface area contributed by atoms with Gasteiger partial charge in [0, 0.05) is 0 Å². The van der Waals surface area contributed by atoms with E-state index in [9.17, 15) is 5.26 Å². The average molecular weight is 569 g/mol. The number of fused-ring (bicyclic) bond motifs is 1. The fraction of sp³-hybridized carbons (Fsp3) is 0.472. The third kappa shape index (κ3) is 6.17. The maximum atomic E-state index is 10.8. The molecule has 2 fully saturated rings. The molecule has 4 atom stereocenters. The highest BCUT2D eigenvalue weighted by Crippen LogP contribution is 2.45. The average Bonchev–Trinajstić information content (AvgIpc) is 3.48. The van der Waals surface area contributed by atoms with Gasteiger partial charge in [-0.25, -0.2) is 0 Å². The fourth-order valence-electron chi connectivity index (χ4n) is 6.32. The maximum Gasteiger partial charge on any atom is 0.190 e. The summed E-state index contributed by atoms with van der Waals surface area (Å²) in [4.78, 5) is 0. The van der Waals surface area contributed by atoms with E-state index >= 15 is 0 Å². The molecule has 3 aromatic rings. The number of nitriles is 1. The molecule has 6 nitrogen and oxygen atoms in total. The third-order valence-corrected chi connectivity index (χ3v) is 8.44. The first kappa shape index (κ1) is 30.4. The van der Waals surface area contributed by atoms with Gasteiger partial charge in [0.25, 0.3) is 0 Å². The Morgan fingerprint density at radius 3 is 1.83 bits per heavy atom. The summed E-state index contributed by atoms with van der Waals surface area (Å²) in [5.74, 6) is -0.840. The number of nitrogens with one attached hydrogen (secondary N) is 1. The second kappa shape index (κ2) is 13.5. The molecule has 0 spiro atoms. The van der Waals surface area contributed by atoms with Crippen LogP contribution in [-0.4, -0.2) is 43.0 Å². The van der Waals surface area contributed by atoms with Crippen molar-refractivity contribution in [1.82, 2.24) is 5.32 Å². The van der Waals surface area contributed by atoms with E-state index in [0.29, 0.717) is 6.54 Å². The number of hydrogen-bond donors (Lipinski definition) is 1. The molecule has 222 valence electrons. The quantitative estimate of drug-likeness (QED) is 0.165. The van der Waals surface area contributed by atoms with Crippen LogP contribution in [0.2, 0.25) is 0 Å². The molecule has 5 rings (SSSR count). The molecular weight excluding hydrogens is 524 g/mol. The van der Waals surface area contributed by atoms with Crippen LogP contribution in [0.4, 0.5) is 0 Å². The molecule has 0 bridgehead atoms. The highest BCUT2D eigenvalue weighted by atomic mass is 16.8. The van der Waals surface area contributed by atoms with E-state index in [1.165, 1.54) is 25.7 Å². The summed E-state index contributed by atoms with van der Waals surface area (Å²) in [6, 6.07) is 33.3. The van der Waals surface area contributed by atoms with Gasteiger partial charge in [0.1, 0.15) is 17.8 Å². The topological polar surface area (TPSA) is 72.7 Å². The van der Waals surface area contributed by atoms with Crippen LogP contribution in [0, 0.1) is 11.3 Å². The number of rotatable bonds is 14. The van der Waals surface area contributed by atoms with Crippen molar-refractivity contribution in [2.24, 2.45) is 0 Å². The third-order valence-electron chi connectivity index (χ3n) is 8.44. The first-order valence-electron chi connectivity index (χ1n) is 15.4. The molecular formula is C36H44N2O4. The van der Waals surface area contributed by atoms with Gasteiger partial charge in [-0.05, 0) is 43.5 Å². The lowest BCUT2D eigenvalue weighted by Gasteiger charge is -2.39.